The lowest BCUT2D eigenvalue weighted by molar-refractivity contribution is 0.0265. The van der Waals surface area contributed by atoms with Crippen LogP contribution in [-0.2, 0) is 4.74 Å². The summed E-state index contributed by atoms with van der Waals surface area (Å²) < 4.78 is 6.53. The van der Waals surface area contributed by atoms with Gasteiger partial charge in [0.1, 0.15) is 5.60 Å². The summed E-state index contributed by atoms with van der Waals surface area (Å²) in [5.74, 6) is 0. The van der Waals surface area contributed by atoms with Gasteiger partial charge in [-0.2, -0.15) is 0 Å². The van der Waals surface area contributed by atoms with E-state index in [9.17, 15) is 4.79 Å². The standard InChI is InChI=1S/C19H29BrN2O2.C2H6/c1-6-19(11-12-21(5)17(23)24-18(2,3)4)13-22(14-19)16-9-7-15(20)8-10-16;1-2/h7-10H,6,11-14H2,1-5H3;1-2H3. The largest absolute Gasteiger partial charge is 0.444 e. The Hall–Kier alpha value is -1.23. The summed E-state index contributed by atoms with van der Waals surface area (Å²) in [5.41, 5.74) is 1.12. The predicted molar refractivity (Wildman–Crippen MR) is 114 cm³/mol. The Morgan fingerprint density at radius 1 is 1.23 bits per heavy atom. The summed E-state index contributed by atoms with van der Waals surface area (Å²) in [4.78, 5) is 16.2. The molecule has 26 heavy (non-hydrogen) atoms. The number of carbonyl (C=O) groups is 1. The first-order valence-corrected chi connectivity index (χ1v) is 10.4. The zero-order valence-corrected chi connectivity index (χ0v) is 19.0. The van der Waals surface area contributed by atoms with Gasteiger partial charge in [-0.05, 0) is 57.9 Å². The molecule has 0 atom stereocenters. The van der Waals surface area contributed by atoms with Crippen LogP contribution in [0.5, 0.6) is 0 Å². The summed E-state index contributed by atoms with van der Waals surface area (Å²) >= 11 is 3.48. The van der Waals surface area contributed by atoms with Crippen molar-refractivity contribution in [2.75, 3.05) is 31.6 Å². The Balaban J connectivity index is 0.00000163. The second-order valence-corrected chi connectivity index (χ2v) is 8.75. The van der Waals surface area contributed by atoms with Gasteiger partial charge in [-0.1, -0.05) is 36.7 Å². The number of rotatable bonds is 5. The second-order valence-electron chi connectivity index (χ2n) is 7.84. The molecular weight excluding hydrogens is 392 g/mol. The van der Waals surface area contributed by atoms with Crippen LogP contribution in [0.15, 0.2) is 28.7 Å². The van der Waals surface area contributed by atoms with Crippen LogP contribution < -0.4 is 4.90 Å². The highest BCUT2D eigenvalue weighted by Crippen LogP contribution is 2.40. The van der Waals surface area contributed by atoms with Crippen LogP contribution in [0.25, 0.3) is 0 Å². The van der Waals surface area contributed by atoms with Crippen molar-refractivity contribution in [3.63, 3.8) is 0 Å². The Morgan fingerprint density at radius 2 is 1.77 bits per heavy atom. The van der Waals surface area contributed by atoms with Crippen molar-refractivity contribution in [3.05, 3.63) is 28.7 Å². The Labute approximate surface area is 168 Å². The quantitative estimate of drug-likeness (QED) is 0.582. The van der Waals surface area contributed by atoms with Crippen molar-refractivity contribution < 1.29 is 9.53 Å². The molecule has 0 radical (unpaired) electrons. The number of ether oxygens (including phenoxy) is 1. The Bertz CT molecular complexity index is 560. The third kappa shape index (κ3) is 6.49. The van der Waals surface area contributed by atoms with E-state index >= 15 is 0 Å². The first-order chi connectivity index (χ1) is 12.1. The molecule has 1 heterocycles. The van der Waals surface area contributed by atoms with Gasteiger partial charge in [0.25, 0.3) is 0 Å². The maximum absolute atomic E-state index is 12.1. The highest BCUT2D eigenvalue weighted by molar-refractivity contribution is 9.10. The van der Waals surface area contributed by atoms with Crippen LogP contribution in [0.4, 0.5) is 10.5 Å². The van der Waals surface area contributed by atoms with Gasteiger partial charge in [0.15, 0.2) is 0 Å². The molecule has 1 amide bonds. The summed E-state index contributed by atoms with van der Waals surface area (Å²) in [6, 6.07) is 8.46. The normalized spacial score (nSPS) is 15.5. The average molecular weight is 427 g/mol. The number of nitrogens with zero attached hydrogens (tertiary/aromatic N) is 2. The van der Waals surface area contributed by atoms with E-state index in [0.717, 1.165) is 36.9 Å². The highest BCUT2D eigenvalue weighted by Gasteiger charge is 2.41. The lowest BCUT2D eigenvalue weighted by Crippen LogP contribution is -2.57. The number of benzene rings is 1. The molecule has 0 unspecified atom stereocenters. The molecule has 5 heteroatoms. The van der Waals surface area contributed by atoms with Crippen LogP contribution in [-0.4, -0.2) is 43.3 Å². The molecule has 1 aliphatic heterocycles. The molecular formula is C21H35BrN2O2. The topological polar surface area (TPSA) is 32.8 Å². The molecule has 0 saturated carbocycles. The summed E-state index contributed by atoms with van der Waals surface area (Å²) in [5, 5.41) is 0. The monoisotopic (exact) mass is 426 g/mol. The fourth-order valence-electron chi connectivity index (χ4n) is 2.99. The van der Waals surface area contributed by atoms with Crippen molar-refractivity contribution in [2.45, 2.75) is 60.0 Å². The van der Waals surface area contributed by atoms with Crippen LogP contribution in [0.2, 0.25) is 0 Å². The minimum absolute atomic E-state index is 0.238. The van der Waals surface area contributed by atoms with Gasteiger partial charge in [-0.15, -0.1) is 0 Å². The zero-order chi connectivity index (χ0) is 20.0. The minimum Gasteiger partial charge on any atom is -0.444 e. The minimum atomic E-state index is -0.442. The molecule has 4 nitrogen and oxygen atoms in total. The molecule has 0 aromatic heterocycles. The van der Waals surface area contributed by atoms with Gasteiger partial charge in [0.05, 0.1) is 0 Å². The third-order valence-corrected chi connectivity index (χ3v) is 5.21. The van der Waals surface area contributed by atoms with Gasteiger partial charge < -0.3 is 14.5 Å². The van der Waals surface area contributed by atoms with E-state index in [1.807, 2.05) is 41.7 Å². The van der Waals surface area contributed by atoms with E-state index < -0.39 is 5.60 Å². The molecule has 1 aromatic rings. The fraction of sp³-hybridized carbons (Fsp3) is 0.667. The Kier molecular flexibility index (Phi) is 8.45. The van der Waals surface area contributed by atoms with E-state index in [0.29, 0.717) is 5.41 Å². The molecule has 1 fully saturated rings. The molecule has 0 bridgehead atoms. The summed E-state index contributed by atoms with van der Waals surface area (Å²) in [6.07, 6.45) is 1.90. The van der Waals surface area contributed by atoms with Gasteiger partial charge in [0.2, 0.25) is 0 Å². The molecule has 0 aliphatic carbocycles. The number of hydrogen-bond donors (Lipinski definition) is 0. The predicted octanol–water partition coefficient (Wildman–Crippen LogP) is 5.95. The van der Waals surface area contributed by atoms with Crippen molar-refractivity contribution in [1.29, 1.82) is 0 Å². The molecule has 1 aliphatic rings. The third-order valence-electron chi connectivity index (χ3n) is 4.68. The van der Waals surface area contributed by atoms with E-state index in [1.165, 1.54) is 5.69 Å². The number of hydrogen-bond acceptors (Lipinski definition) is 3. The van der Waals surface area contributed by atoms with E-state index in [1.54, 1.807) is 4.90 Å². The fourth-order valence-corrected chi connectivity index (χ4v) is 3.26. The zero-order valence-electron chi connectivity index (χ0n) is 17.4. The smallest absolute Gasteiger partial charge is 0.410 e. The maximum atomic E-state index is 12.1. The lowest BCUT2D eigenvalue weighted by Gasteiger charge is -2.52. The highest BCUT2D eigenvalue weighted by atomic mass is 79.9. The van der Waals surface area contributed by atoms with Gasteiger partial charge in [-0.3, -0.25) is 0 Å². The number of halogens is 1. The van der Waals surface area contributed by atoms with Crippen molar-refractivity contribution in [3.8, 4) is 0 Å². The molecule has 2 rings (SSSR count). The first-order valence-electron chi connectivity index (χ1n) is 9.59. The van der Waals surface area contributed by atoms with Gasteiger partial charge in [-0.25, -0.2) is 4.79 Å². The molecule has 0 spiro atoms. The Morgan fingerprint density at radius 3 is 2.23 bits per heavy atom. The number of anilines is 1. The molecule has 1 aromatic carbocycles. The molecule has 0 N–H and O–H groups in total. The lowest BCUT2D eigenvalue weighted by atomic mass is 9.74. The second kappa shape index (κ2) is 9.63. The van der Waals surface area contributed by atoms with Crippen LogP contribution >= 0.6 is 15.9 Å². The number of carbonyl (C=O) groups excluding carboxylic acids is 1. The molecule has 1 saturated heterocycles. The van der Waals surface area contributed by atoms with Crippen LogP contribution in [0.1, 0.15) is 54.4 Å². The summed E-state index contributed by atoms with van der Waals surface area (Å²) in [7, 11) is 1.82. The SMILES string of the molecule is CC.CCC1(CCN(C)C(=O)OC(C)(C)C)CN(c2ccc(Br)cc2)C1. The van der Waals surface area contributed by atoms with Crippen molar-refractivity contribution in [2.24, 2.45) is 5.41 Å². The van der Waals surface area contributed by atoms with Crippen LogP contribution in [0.3, 0.4) is 0 Å². The van der Waals surface area contributed by atoms with Gasteiger partial charge >= 0.3 is 6.09 Å². The average Bonchev–Trinajstić information content (AvgIpc) is 2.55. The van der Waals surface area contributed by atoms with Crippen molar-refractivity contribution in [1.82, 2.24) is 4.90 Å². The van der Waals surface area contributed by atoms with Crippen LogP contribution in [0, 0.1) is 5.41 Å². The van der Waals surface area contributed by atoms with Gasteiger partial charge in [0, 0.05) is 42.3 Å². The molecule has 148 valence electrons. The van der Waals surface area contributed by atoms with E-state index in [4.69, 9.17) is 4.74 Å². The van der Waals surface area contributed by atoms with Crippen molar-refractivity contribution >= 4 is 27.7 Å². The first kappa shape index (κ1) is 22.8. The van der Waals surface area contributed by atoms with E-state index in [2.05, 4.69) is 52.0 Å². The number of amides is 1. The summed E-state index contributed by atoms with van der Waals surface area (Å²) in [6.45, 7) is 14.8. The van der Waals surface area contributed by atoms with E-state index in [-0.39, 0.29) is 6.09 Å². The maximum Gasteiger partial charge on any atom is 0.410 e.